The van der Waals surface area contributed by atoms with Crippen LogP contribution in [0.4, 0.5) is 8.78 Å². The first-order valence-electron chi connectivity index (χ1n) is 6.75. The van der Waals surface area contributed by atoms with Crippen molar-refractivity contribution in [1.29, 1.82) is 0 Å². The van der Waals surface area contributed by atoms with E-state index in [4.69, 9.17) is 4.52 Å². The highest BCUT2D eigenvalue weighted by atomic mass is 19.2. The maximum atomic E-state index is 13.8. The number of halogens is 2. The molecule has 106 valence electrons. The fraction of sp³-hybridized carbons (Fsp3) is 0.400. The molecule has 0 bridgehead atoms. The van der Waals surface area contributed by atoms with Crippen molar-refractivity contribution in [2.45, 2.75) is 32.4 Å². The summed E-state index contributed by atoms with van der Waals surface area (Å²) in [6.45, 7) is 3.10. The summed E-state index contributed by atoms with van der Waals surface area (Å²) in [7, 11) is 0. The van der Waals surface area contributed by atoms with Crippen LogP contribution in [0, 0.1) is 18.6 Å². The molecule has 5 heteroatoms. The molecule has 1 aliphatic heterocycles. The number of nitrogens with zero attached hydrogens (tertiary/aromatic N) is 2. The lowest BCUT2D eigenvalue weighted by Gasteiger charge is -2.22. The smallest absolute Gasteiger partial charge is 0.163 e. The SMILES string of the molecule is Cc1cc(C2CCCN2Cc2cccc(F)c2F)on1. The fourth-order valence-electron chi connectivity index (χ4n) is 2.77. The summed E-state index contributed by atoms with van der Waals surface area (Å²) < 4.78 is 32.3. The number of rotatable bonds is 3. The van der Waals surface area contributed by atoms with Crippen molar-refractivity contribution in [1.82, 2.24) is 10.1 Å². The molecule has 2 heterocycles. The van der Waals surface area contributed by atoms with Crippen LogP contribution in [0.2, 0.25) is 0 Å². The van der Waals surface area contributed by atoms with Gasteiger partial charge in [-0.25, -0.2) is 8.78 Å². The molecule has 1 saturated heterocycles. The van der Waals surface area contributed by atoms with E-state index in [2.05, 4.69) is 10.1 Å². The summed E-state index contributed by atoms with van der Waals surface area (Å²) in [6.07, 6.45) is 1.97. The maximum Gasteiger partial charge on any atom is 0.163 e. The summed E-state index contributed by atoms with van der Waals surface area (Å²) in [4.78, 5) is 2.11. The Balaban J connectivity index is 1.81. The summed E-state index contributed by atoms with van der Waals surface area (Å²) in [5, 5.41) is 3.90. The Labute approximate surface area is 116 Å². The van der Waals surface area contributed by atoms with Crippen LogP contribution < -0.4 is 0 Å². The van der Waals surface area contributed by atoms with E-state index < -0.39 is 11.6 Å². The molecular weight excluding hydrogens is 262 g/mol. The molecule has 2 aromatic rings. The maximum absolute atomic E-state index is 13.8. The van der Waals surface area contributed by atoms with Crippen molar-refractivity contribution in [3.63, 3.8) is 0 Å². The molecular formula is C15H16F2N2O. The molecule has 0 N–H and O–H groups in total. The first kappa shape index (κ1) is 13.2. The third-order valence-electron chi connectivity index (χ3n) is 3.74. The van der Waals surface area contributed by atoms with E-state index in [1.807, 2.05) is 13.0 Å². The van der Waals surface area contributed by atoms with Crippen molar-refractivity contribution in [2.24, 2.45) is 0 Å². The van der Waals surface area contributed by atoms with Gasteiger partial charge in [0, 0.05) is 18.2 Å². The molecule has 1 aromatic heterocycles. The number of aryl methyl sites for hydroxylation is 1. The zero-order valence-electron chi connectivity index (χ0n) is 11.3. The van der Waals surface area contributed by atoms with Crippen LogP contribution in [0.1, 0.15) is 35.9 Å². The van der Waals surface area contributed by atoms with Gasteiger partial charge in [0.05, 0.1) is 11.7 Å². The molecule has 1 aliphatic rings. The molecule has 3 nitrogen and oxygen atoms in total. The third-order valence-corrected chi connectivity index (χ3v) is 3.74. The Bertz CT molecular complexity index is 612. The van der Waals surface area contributed by atoms with Crippen molar-refractivity contribution in [3.8, 4) is 0 Å². The first-order chi connectivity index (χ1) is 9.65. The van der Waals surface area contributed by atoms with Crippen LogP contribution in [-0.2, 0) is 6.54 Å². The van der Waals surface area contributed by atoms with E-state index in [0.717, 1.165) is 36.9 Å². The van der Waals surface area contributed by atoms with Crippen LogP contribution in [-0.4, -0.2) is 16.6 Å². The Morgan fingerprint density at radius 1 is 1.40 bits per heavy atom. The third kappa shape index (κ3) is 2.45. The summed E-state index contributed by atoms with van der Waals surface area (Å²) in [5.74, 6) is -0.752. The highest BCUT2D eigenvalue weighted by molar-refractivity contribution is 5.20. The second kappa shape index (κ2) is 5.32. The Morgan fingerprint density at radius 3 is 3.00 bits per heavy atom. The van der Waals surface area contributed by atoms with Gasteiger partial charge in [0.2, 0.25) is 0 Å². The topological polar surface area (TPSA) is 29.3 Å². The zero-order chi connectivity index (χ0) is 14.1. The van der Waals surface area contributed by atoms with Gasteiger partial charge in [-0.1, -0.05) is 17.3 Å². The molecule has 20 heavy (non-hydrogen) atoms. The largest absolute Gasteiger partial charge is 0.359 e. The van der Waals surface area contributed by atoms with Crippen LogP contribution in [0.5, 0.6) is 0 Å². The summed E-state index contributed by atoms with van der Waals surface area (Å²) in [5.41, 5.74) is 1.22. The highest BCUT2D eigenvalue weighted by Gasteiger charge is 2.29. The first-order valence-corrected chi connectivity index (χ1v) is 6.75. The molecule has 0 aliphatic carbocycles. The van der Waals surface area contributed by atoms with Gasteiger partial charge in [-0.3, -0.25) is 4.90 Å². The van der Waals surface area contributed by atoms with Gasteiger partial charge >= 0.3 is 0 Å². The molecule has 0 amide bonds. The molecule has 3 rings (SSSR count). The van der Waals surface area contributed by atoms with Gasteiger partial charge in [0.1, 0.15) is 0 Å². The quantitative estimate of drug-likeness (QED) is 0.859. The minimum Gasteiger partial charge on any atom is -0.359 e. The van der Waals surface area contributed by atoms with Gasteiger partial charge < -0.3 is 4.52 Å². The van der Waals surface area contributed by atoms with Crippen molar-refractivity contribution in [2.75, 3.05) is 6.54 Å². The lowest BCUT2D eigenvalue weighted by atomic mass is 10.1. The Hall–Kier alpha value is -1.75. The lowest BCUT2D eigenvalue weighted by molar-refractivity contribution is 0.204. The standard InChI is InChI=1S/C15H16F2N2O/c1-10-8-14(20-18-10)13-6-3-7-19(13)9-11-4-2-5-12(16)15(11)17/h2,4-5,8,13H,3,6-7,9H2,1H3. The Morgan fingerprint density at radius 2 is 2.25 bits per heavy atom. The van der Waals surface area contributed by atoms with E-state index in [1.54, 1.807) is 6.07 Å². The molecule has 0 spiro atoms. The molecule has 1 fully saturated rings. The lowest BCUT2D eigenvalue weighted by Crippen LogP contribution is -2.23. The predicted molar refractivity (Wildman–Crippen MR) is 70.0 cm³/mol. The number of likely N-dealkylation sites (tertiary alicyclic amines) is 1. The predicted octanol–water partition coefficient (Wildman–Crippen LogP) is 3.60. The van der Waals surface area contributed by atoms with E-state index in [1.165, 1.54) is 6.07 Å². The second-order valence-corrected chi connectivity index (χ2v) is 5.21. The van der Waals surface area contributed by atoms with Gasteiger partial charge in [-0.2, -0.15) is 0 Å². The normalized spacial score (nSPS) is 19.6. The molecule has 0 saturated carbocycles. The van der Waals surface area contributed by atoms with E-state index in [0.29, 0.717) is 12.1 Å². The van der Waals surface area contributed by atoms with E-state index in [9.17, 15) is 8.78 Å². The molecule has 1 unspecified atom stereocenters. The number of hydrogen-bond donors (Lipinski definition) is 0. The summed E-state index contributed by atoms with van der Waals surface area (Å²) >= 11 is 0. The minimum absolute atomic E-state index is 0.0962. The van der Waals surface area contributed by atoms with Gasteiger partial charge in [-0.05, 0) is 32.4 Å². The number of hydrogen-bond acceptors (Lipinski definition) is 3. The van der Waals surface area contributed by atoms with Crippen molar-refractivity contribution in [3.05, 3.63) is 52.9 Å². The second-order valence-electron chi connectivity index (χ2n) is 5.21. The average Bonchev–Trinajstić information content (AvgIpc) is 3.03. The number of aromatic nitrogens is 1. The van der Waals surface area contributed by atoms with Crippen molar-refractivity contribution >= 4 is 0 Å². The highest BCUT2D eigenvalue weighted by Crippen LogP contribution is 2.33. The molecule has 1 aromatic carbocycles. The van der Waals surface area contributed by atoms with Crippen molar-refractivity contribution < 1.29 is 13.3 Å². The van der Waals surface area contributed by atoms with E-state index in [-0.39, 0.29) is 6.04 Å². The minimum atomic E-state index is -0.797. The number of benzene rings is 1. The van der Waals surface area contributed by atoms with Crippen LogP contribution in [0.3, 0.4) is 0 Å². The molecule has 0 radical (unpaired) electrons. The van der Waals surface area contributed by atoms with Gasteiger partial charge in [0.15, 0.2) is 17.4 Å². The summed E-state index contributed by atoms with van der Waals surface area (Å²) in [6, 6.07) is 6.31. The van der Waals surface area contributed by atoms with Crippen LogP contribution >= 0.6 is 0 Å². The van der Waals surface area contributed by atoms with Crippen LogP contribution in [0.25, 0.3) is 0 Å². The molecule has 1 atom stereocenters. The van der Waals surface area contributed by atoms with Gasteiger partial charge in [0.25, 0.3) is 0 Å². The van der Waals surface area contributed by atoms with Crippen LogP contribution in [0.15, 0.2) is 28.8 Å². The monoisotopic (exact) mass is 278 g/mol. The van der Waals surface area contributed by atoms with Gasteiger partial charge in [-0.15, -0.1) is 0 Å². The average molecular weight is 278 g/mol. The Kier molecular flexibility index (Phi) is 3.53. The van der Waals surface area contributed by atoms with E-state index >= 15 is 0 Å². The fourth-order valence-corrected chi connectivity index (χ4v) is 2.77. The zero-order valence-corrected chi connectivity index (χ0v) is 11.3.